The summed E-state index contributed by atoms with van der Waals surface area (Å²) in [6.45, 7) is 5.04. The Morgan fingerprint density at radius 3 is 2.67 bits per heavy atom. The van der Waals surface area contributed by atoms with Gasteiger partial charge < -0.3 is 20.3 Å². The van der Waals surface area contributed by atoms with Crippen LogP contribution in [0.1, 0.15) is 24.8 Å². The molecule has 5 nitrogen and oxygen atoms in total. The molecule has 0 spiro atoms. The minimum atomic E-state index is 0. The number of guanidine groups is 1. The van der Waals surface area contributed by atoms with Crippen molar-refractivity contribution in [2.24, 2.45) is 4.99 Å². The number of hydrogen-bond acceptors (Lipinski definition) is 3. The van der Waals surface area contributed by atoms with E-state index >= 15 is 0 Å². The van der Waals surface area contributed by atoms with Crippen molar-refractivity contribution in [2.45, 2.75) is 25.8 Å². The maximum Gasteiger partial charge on any atom is 0.191 e. The van der Waals surface area contributed by atoms with E-state index in [1.807, 2.05) is 18.2 Å². The maximum atomic E-state index is 5.99. The number of nitrogens with zero attached hydrogens (tertiary/aromatic N) is 2. The van der Waals surface area contributed by atoms with Gasteiger partial charge in [0.25, 0.3) is 0 Å². The molecule has 0 radical (unpaired) electrons. The van der Waals surface area contributed by atoms with Crippen LogP contribution in [0.4, 0.5) is 0 Å². The van der Waals surface area contributed by atoms with Crippen LogP contribution in [0, 0.1) is 0 Å². The van der Waals surface area contributed by atoms with Crippen LogP contribution in [0.3, 0.4) is 0 Å². The third-order valence-corrected chi connectivity index (χ3v) is 4.32. The van der Waals surface area contributed by atoms with E-state index in [1.165, 1.54) is 32.4 Å². The first-order valence-corrected chi connectivity index (χ1v) is 8.60. The Morgan fingerprint density at radius 1 is 1.25 bits per heavy atom. The van der Waals surface area contributed by atoms with Crippen LogP contribution in [0.2, 0.25) is 5.02 Å². The van der Waals surface area contributed by atoms with Gasteiger partial charge >= 0.3 is 0 Å². The smallest absolute Gasteiger partial charge is 0.191 e. The Labute approximate surface area is 167 Å². The number of methoxy groups -OCH3 is 1. The van der Waals surface area contributed by atoms with Gasteiger partial charge in [-0.05, 0) is 38.1 Å². The predicted molar refractivity (Wildman–Crippen MR) is 112 cm³/mol. The largest absolute Gasteiger partial charge is 0.496 e. The zero-order valence-electron chi connectivity index (χ0n) is 14.5. The molecule has 1 saturated heterocycles. The molecule has 1 aromatic rings. The summed E-state index contributed by atoms with van der Waals surface area (Å²) >= 11 is 5.99. The zero-order chi connectivity index (χ0) is 16.5. The lowest BCUT2D eigenvalue weighted by Crippen LogP contribution is -2.42. The maximum absolute atomic E-state index is 5.99. The second-order valence-electron chi connectivity index (χ2n) is 5.71. The Morgan fingerprint density at radius 2 is 2.00 bits per heavy atom. The normalized spacial score (nSPS) is 15.5. The van der Waals surface area contributed by atoms with Gasteiger partial charge in [0.2, 0.25) is 0 Å². The Bertz CT molecular complexity index is 521. The van der Waals surface area contributed by atoms with Gasteiger partial charge in [0.05, 0.1) is 7.11 Å². The van der Waals surface area contributed by atoms with E-state index in [4.69, 9.17) is 16.3 Å². The number of rotatable bonds is 6. The molecule has 0 aromatic heterocycles. The molecule has 0 unspecified atom stereocenters. The molecular formula is C17H28ClIN4O. The topological polar surface area (TPSA) is 48.9 Å². The average molecular weight is 467 g/mol. The quantitative estimate of drug-likeness (QED) is 0.384. The van der Waals surface area contributed by atoms with E-state index in [9.17, 15) is 0 Å². The van der Waals surface area contributed by atoms with Crippen LogP contribution >= 0.6 is 35.6 Å². The van der Waals surface area contributed by atoms with Crippen LogP contribution in [-0.4, -0.2) is 51.2 Å². The van der Waals surface area contributed by atoms with Crippen molar-refractivity contribution in [2.75, 3.05) is 40.3 Å². The summed E-state index contributed by atoms with van der Waals surface area (Å²) in [6, 6.07) is 5.66. The number of ether oxygens (including phenoxy) is 1. The Kier molecular flexibility index (Phi) is 10.4. The monoisotopic (exact) mass is 466 g/mol. The van der Waals surface area contributed by atoms with Crippen molar-refractivity contribution in [3.05, 3.63) is 28.8 Å². The molecule has 1 aromatic carbocycles. The molecule has 0 amide bonds. The van der Waals surface area contributed by atoms with Crippen molar-refractivity contribution in [1.82, 2.24) is 15.5 Å². The van der Waals surface area contributed by atoms with Crippen molar-refractivity contribution in [3.63, 3.8) is 0 Å². The lowest BCUT2D eigenvalue weighted by atomic mass is 10.1. The van der Waals surface area contributed by atoms with E-state index in [-0.39, 0.29) is 24.0 Å². The number of hydrogen-bond donors (Lipinski definition) is 2. The minimum absolute atomic E-state index is 0. The molecule has 24 heavy (non-hydrogen) atoms. The predicted octanol–water partition coefficient (Wildman–Crippen LogP) is 3.12. The highest BCUT2D eigenvalue weighted by Crippen LogP contribution is 2.22. The molecule has 1 heterocycles. The molecule has 7 heteroatoms. The van der Waals surface area contributed by atoms with E-state index in [1.54, 1.807) is 14.2 Å². The molecule has 0 saturated carbocycles. The van der Waals surface area contributed by atoms with Gasteiger partial charge in [-0.2, -0.15) is 0 Å². The highest BCUT2D eigenvalue weighted by molar-refractivity contribution is 14.0. The summed E-state index contributed by atoms with van der Waals surface area (Å²) in [6.07, 6.45) is 4.02. The second-order valence-corrected chi connectivity index (χ2v) is 6.15. The molecular weight excluding hydrogens is 439 g/mol. The van der Waals surface area contributed by atoms with Crippen LogP contribution in [-0.2, 0) is 6.54 Å². The number of halogens is 2. The van der Waals surface area contributed by atoms with Gasteiger partial charge in [-0.15, -0.1) is 24.0 Å². The first-order chi connectivity index (χ1) is 11.2. The van der Waals surface area contributed by atoms with Crippen molar-refractivity contribution < 1.29 is 4.74 Å². The summed E-state index contributed by atoms with van der Waals surface area (Å²) in [5.41, 5.74) is 1.05. The molecule has 136 valence electrons. The number of nitrogens with one attached hydrogen (secondary N) is 2. The van der Waals surface area contributed by atoms with E-state index in [0.29, 0.717) is 11.6 Å². The van der Waals surface area contributed by atoms with Crippen LogP contribution < -0.4 is 15.4 Å². The van der Waals surface area contributed by atoms with Crippen molar-refractivity contribution >= 4 is 41.5 Å². The second kappa shape index (κ2) is 11.8. The molecule has 1 aliphatic heterocycles. The fourth-order valence-electron chi connectivity index (χ4n) is 2.78. The summed E-state index contributed by atoms with van der Waals surface area (Å²) < 4.78 is 5.36. The standard InChI is InChI=1S/C17H27ClN4O.HI/c1-19-17(20-8-11-22-9-4-3-5-10-22)21-13-14-6-7-15(18)12-16(14)23-2;/h6-7,12H,3-5,8-11,13H2,1-2H3,(H2,19,20,21);1H. The Hall–Kier alpha value is -0.730. The molecule has 0 aliphatic carbocycles. The molecule has 1 fully saturated rings. The van der Waals surface area contributed by atoms with Crippen LogP contribution in [0.5, 0.6) is 5.75 Å². The number of piperidine rings is 1. The SMILES string of the molecule is CN=C(NCCN1CCCCC1)NCc1ccc(Cl)cc1OC.I. The van der Waals surface area contributed by atoms with Crippen LogP contribution in [0.15, 0.2) is 23.2 Å². The molecule has 2 rings (SSSR count). The fraction of sp³-hybridized carbons (Fsp3) is 0.588. The van der Waals surface area contributed by atoms with Gasteiger partial charge in [-0.1, -0.05) is 24.1 Å². The number of likely N-dealkylation sites (tertiary alicyclic amines) is 1. The highest BCUT2D eigenvalue weighted by atomic mass is 127. The average Bonchev–Trinajstić information content (AvgIpc) is 2.59. The van der Waals surface area contributed by atoms with Gasteiger partial charge in [-0.25, -0.2) is 0 Å². The molecule has 0 bridgehead atoms. The van der Waals surface area contributed by atoms with Crippen molar-refractivity contribution in [3.8, 4) is 5.75 Å². The number of aliphatic imine (C=N–C) groups is 1. The Balaban J connectivity index is 0.00000288. The fourth-order valence-corrected chi connectivity index (χ4v) is 2.94. The summed E-state index contributed by atoms with van der Waals surface area (Å²) in [7, 11) is 3.44. The first kappa shape index (κ1) is 21.3. The highest BCUT2D eigenvalue weighted by Gasteiger charge is 2.10. The van der Waals surface area contributed by atoms with E-state index in [0.717, 1.165) is 30.4 Å². The van der Waals surface area contributed by atoms with Gasteiger partial charge in [0.1, 0.15) is 5.75 Å². The van der Waals surface area contributed by atoms with E-state index < -0.39 is 0 Å². The van der Waals surface area contributed by atoms with Gasteiger partial charge in [-0.3, -0.25) is 4.99 Å². The lowest BCUT2D eigenvalue weighted by Gasteiger charge is -2.26. The number of benzene rings is 1. The minimum Gasteiger partial charge on any atom is -0.496 e. The summed E-state index contributed by atoms with van der Waals surface area (Å²) in [4.78, 5) is 6.77. The molecule has 0 atom stereocenters. The first-order valence-electron chi connectivity index (χ1n) is 8.22. The summed E-state index contributed by atoms with van der Waals surface area (Å²) in [5.74, 6) is 1.59. The van der Waals surface area contributed by atoms with Gasteiger partial charge in [0.15, 0.2) is 5.96 Å². The zero-order valence-corrected chi connectivity index (χ0v) is 17.6. The third kappa shape index (κ3) is 7.03. The molecule has 1 aliphatic rings. The third-order valence-electron chi connectivity index (χ3n) is 4.09. The van der Waals surface area contributed by atoms with Crippen LogP contribution in [0.25, 0.3) is 0 Å². The lowest BCUT2D eigenvalue weighted by molar-refractivity contribution is 0.232. The van der Waals surface area contributed by atoms with Gasteiger partial charge in [0, 0.05) is 37.3 Å². The summed E-state index contributed by atoms with van der Waals surface area (Å²) in [5, 5.41) is 7.36. The van der Waals surface area contributed by atoms with E-state index in [2.05, 4.69) is 20.5 Å². The van der Waals surface area contributed by atoms with Crippen molar-refractivity contribution in [1.29, 1.82) is 0 Å². The molecule has 2 N–H and O–H groups in total.